The second kappa shape index (κ2) is 5.13. The molecule has 2 aliphatic carbocycles. The Morgan fingerprint density at radius 2 is 1.75 bits per heavy atom. The molecule has 2 heteroatoms. The van der Waals surface area contributed by atoms with Crippen LogP contribution in [0.4, 0.5) is 4.39 Å². The standard InChI is InChI=1S/C14H21FO/c1-10-3-6-12(7-4-10)16-14-8-5-11(2)9-13(14)15/h3,5-6,8,10-14H,4,7,9H2,1-2H3/t10?,11?,12?,13-,14?/m1/s1. The van der Waals surface area contributed by atoms with Gasteiger partial charge >= 0.3 is 0 Å². The molecule has 16 heavy (non-hydrogen) atoms. The van der Waals surface area contributed by atoms with Crippen LogP contribution in [0.15, 0.2) is 24.3 Å². The molecule has 0 aromatic rings. The minimum absolute atomic E-state index is 0.109. The SMILES string of the molecule is CC1C=CC(OC2C=CC(C)C[C@H]2F)CC1. The van der Waals surface area contributed by atoms with Crippen molar-refractivity contribution in [3.63, 3.8) is 0 Å². The lowest BCUT2D eigenvalue weighted by Crippen LogP contribution is -2.32. The molecule has 4 unspecified atom stereocenters. The Bertz CT molecular complexity index is 284. The van der Waals surface area contributed by atoms with Crippen molar-refractivity contribution in [3.8, 4) is 0 Å². The molecule has 0 aliphatic heterocycles. The van der Waals surface area contributed by atoms with E-state index in [0.29, 0.717) is 18.3 Å². The van der Waals surface area contributed by atoms with Crippen LogP contribution in [0.5, 0.6) is 0 Å². The van der Waals surface area contributed by atoms with E-state index in [4.69, 9.17) is 4.74 Å². The fourth-order valence-corrected chi connectivity index (χ4v) is 2.37. The van der Waals surface area contributed by atoms with Gasteiger partial charge in [-0.2, -0.15) is 0 Å². The summed E-state index contributed by atoms with van der Waals surface area (Å²) in [6.07, 6.45) is 9.91. The lowest BCUT2D eigenvalue weighted by atomic mass is 9.93. The maximum Gasteiger partial charge on any atom is 0.130 e. The van der Waals surface area contributed by atoms with Crippen LogP contribution in [0, 0.1) is 11.8 Å². The number of allylic oxidation sites excluding steroid dienone is 2. The van der Waals surface area contributed by atoms with E-state index in [1.807, 2.05) is 13.0 Å². The van der Waals surface area contributed by atoms with Crippen molar-refractivity contribution in [2.45, 2.75) is 51.5 Å². The van der Waals surface area contributed by atoms with Gasteiger partial charge in [0.15, 0.2) is 0 Å². The topological polar surface area (TPSA) is 9.23 Å². The largest absolute Gasteiger partial charge is 0.364 e. The van der Waals surface area contributed by atoms with Crippen LogP contribution < -0.4 is 0 Å². The highest BCUT2D eigenvalue weighted by Crippen LogP contribution is 2.26. The maximum absolute atomic E-state index is 13.7. The van der Waals surface area contributed by atoms with Gasteiger partial charge in [0.1, 0.15) is 12.3 Å². The maximum atomic E-state index is 13.7. The zero-order valence-corrected chi connectivity index (χ0v) is 10.1. The Morgan fingerprint density at radius 1 is 1.00 bits per heavy atom. The Kier molecular flexibility index (Phi) is 3.80. The summed E-state index contributed by atoms with van der Waals surface area (Å²) >= 11 is 0. The van der Waals surface area contributed by atoms with E-state index in [-0.39, 0.29) is 12.2 Å². The quantitative estimate of drug-likeness (QED) is 0.650. The molecule has 0 heterocycles. The molecular weight excluding hydrogens is 203 g/mol. The molecule has 0 spiro atoms. The number of hydrogen-bond donors (Lipinski definition) is 0. The summed E-state index contributed by atoms with van der Waals surface area (Å²) in [5.74, 6) is 0.986. The minimum Gasteiger partial charge on any atom is -0.364 e. The number of hydrogen-bond acceptors (Lipinski definition) is 1. The van der Waals surface area contributed by atoms with E-state index in [2.05, 4.69) is 25.2 Å². The fraction of sp³-hybridized carbons (Fsp3) is 0.714. The highest BCUT2D eigenvalue weighted by Gasteiger charge is 2.27. The van der Waals surface area contributed by atoms with Crippen molar-refractivity contribution in [3.05, 3.63) is 24.3 Å². The molecule has 2 rings (SSSR count). The normalized spacial score (nSPS) is 43.6. The van der Waals surface area contributed by atoms with Crippen LogP contribution in [-0.4, -0.2) is 18.4 Å². The molecule has 0 saturated heterocycles. The van der Waals surface area contributed by atoms with Crippen LogP contribution in [0.25, 0.3) is 0 Å². The summed E-state index contributed by atoms with van der Waals surface area (Å²) in [4.78, 5) is 0. The van der Waals surface area contributed by atoms with E-state index < -0.39 is 6.17 Å². The molecule has 0 bridgehead atoms. The minimum atomic E-state index is -0.840. The van der Waals surface area contributed by atoms with Gasteiger partial charge in [0.05, 0.1) is 6.10 Å². The third-order valence-corrected chi connectivity index (χ3v) is 3.48. The first kappa shape index (κ1) is 11.8. The predicted octanol–water partition coefficient (Wildman–Crippen LogP) is 3.66. The van der Waals surface area contributed by atoms with Crippen LogP contribution >= 0.6 is 0 Å². The van der Waals surface area contributed by atoms with Crippen molar-refractivity contribution in [2.24, 2.45) is 11.8 Å². The smallest absolute Gasteiger partial charge is 0.130 e. The molecule has 0 aromatic heterocycles. The first-order valence-electron chi connectivity index (χ1n) is 6.31. The third-order valence-electron chi connectivity index (χ3n) is 3.48. The van der Waals surface area contributed by atoms with Crippen LogP contribution in [-0.2, 0) is 4.74 Å². The summed E-state index contributed by atoms with van der Waals surface area (Å²) in [6, 6.07) is 0. The third kappa shape index (κ3) is 2.94. The van der Waals surface area contributed by atoms with Gasteiger partial charge in [-0.3, -0.25) is 0 Å². The molecule has 0 N–H and O–H groups in total. The summed E-state index contributed by atoms with van der Waals surface area (Å²) in [5, 5.41) is 0. The van der Waals surface area contributed by atoms with Gasteiger partial charge < -0.3 is 4.74 Å². The van der Waals surface area contributed by atoms with E-state index in [0.717, 1.165) is 12.8 Å². The Morgan fingerprint density at radius 3 is 2.38 bits per heavy atom. The Balaban J connectivity index is 1.90. The number of halogens is 1. The molecule has 0 aromatic carbocycles. The highest BCUT2D eigenvalue weighted by atomic mass is 19.1. The van der Waals surface area contributed by atoms with Gasteiger partial charge in [-0.25, -0.2) is 4.39 Å². The summed E-state index contributed by atoms with van der Waals surface area (Å²) in [6.45, 7) is 4.24. The van der Waals surface area contributed by atoms with E-state index in [9.17, 15) is 4.39 Å². The number of ether oxygens (including phenoxy) is 1. The molecule has 0 radical (unpaired) electrons. The van der Waals surface area contributed by atoms with Crippen LogP contribution in [0.2, 0.25) is 0 Å². The van der Waals surface area contributed by atoms with Crippen molar-refractivity contribution < 1.29 is 9.13 Å². The van der Waals surface area contributed by atoms with E-state index >= 15 is 0 Å². The molecule has 1 nitrogen and oxygen atoms in total. The first-order chi connectivity index (χ1) is 7.65. The number of rotatable bonds is 2. The lowest BCUT2D eigenvalue weighted by molar-refractivity contribution is -0.0203. The second-order valence-corrected chi connectivity index (χ2v) is 5.19. The summed E-state index contributed by atoms with van der Waals surface area (Å²) in [5.41, 5.74) is 0. The van der Waals surface area contributed by atoms with Gasteiger partial charge in [0.25, 0.3) is 0 Å². The van der Waals surface area contributed by atoms with Crippen molar-refractivity contribution >= 4 is 0 Å². The highest BCUT2D eigenvalue weighted by molar-refractivity contribution is 5.05. The van der Waals surface area contributed by atoms with Crippen molar-refractivity contribution in [1.29, 1.82) is 0 Å². The first-order valence-corrected chi connectivity index (χ1v) is 6.31. The molecule has 5 atom stereocenters. The predicted molar refractivity (Wildman–Crippen MR) is 64.0 cm³/mol. The Hall–Kier alpha value is -0.630. The van der Waals surface area contributed by atoms with Crippen molar-refractivity contribution in [2.75, 3.05) is 0 Å². The molecular formula is C14H21FO. The molecule has 2 aliphatic rings. The van der Waals surface area contributed by atoms with Gasteiger partial charge in [-0.1, -0.05) is 38.2 Å². The average Bonchev–Trinajstić information content (AvgIpc) is 2.25. The van der Waals surface area contributed by atoms with E-state index in [1.54, 1.807) is 0 Å². The second-order valence-electron chi connectivity index (χ2n) is 5.19. The monoisotopic (exact) mass is 224 g/mol. The van der Waals surface area contributed by atoms with Crippen LogP contribution in [0.1, 0.15) is 33.1 Å². The van der Waals surface area contributed by atoms with Gasteiger partial charge in [0, 0.05) is 0 Å². The fourth-order valence-electron chi connectivity index (χ4n) is 2.37. The van der Waals surface area contributed by atoms with Crippen molar-refractivity contribution in [1.82, 2.24) is 0 Å². The van der Waals surface area contributed by atoms with Gasteiger partial charge in [0.2, 0.25) is 0 Å². The molecule has 0 saturated carbocycles. The number of alkyl halides is 1. The summed E-state index contributed by atoms with van der Waals surface area (Å²) in [7, 11) is 0. The zero-order chi connectivity index (χ0) is 11.5. The Labute approximate surface area is 97.4 Å². The molecule has 0 amide bonds. The van der Waals surface area contributed by atoms with E-state index in [1.165, 1.54) is 0 Å². The van der Waals surface area contributed by atoms with Gasteiger partial charge in [-0.05, 0) is 31.1 Å². The summed E-state index contributed by atoms with van der Waals surface area (Å²) < 4.78 is 19.5. The van der Waals surface area contributed by atoms with Gasteiger partial charge in [-0.15, -0.1) is 0 Å². The molecule has 90 valence electrons. The lowest BCUT2D eigenvalue weighted by Gasteiger charge is -2.29. The van der Waals surface area contributed by atoms with Crippen LogP contribution in [0.3, 0.4) is 0 Å². The average molecular weight is 224 g/mol. The zero-order valence-electron chi connectivity index (χ0n) is 10.1. The molecule has 0 fully saturated rings.